The number of fused-ring (bicyclic) bond motifs is 1. The van der Waals surface area contributed by atoms with Crippen molar-refractivity contribution in [1.29, 1.82) is 0 Å². The Bertz CT molecular complexity index is 1180. The third kappa shape index (κ3) is 4.47. The van der Waals surface area contributed by atoms with Crippen LogP contribution in [0.3, 0.4) is 0 Å². The highest BCUT2D eigenvalue weighted by Crippen LogP contribution is 2.29. The first kappa shape index (κ1) is 19.2. The molecule has 2 amide bonds. The van der Waals surface area contributed by atoms with Crippen LogP contribution >= 0.6 is 0 Å². The molecule has 0 atom stereocenters. The van der Waals surface area contributed by atoms with Gasteiger partial charge in [0.25, 0.3) is 5.91 Å². The summed E-state index contributed by atoms with van der Waals surface area (Å²) in [5.74, 6) is 0.560. The molecule has 4 rings (SSSR count). The van der Waals surface area contributed by atoms with Gasteiger partial charge in [0.05, 0.1) is 12.2 Å². The van der Waals surface area contributed by atoms with E-state index in [-0.39, 0.29) is 18.4 Å². The zero-order chi connectivity index (χ0) is 20.8. The van der Waals surface area contributed by atoms with Crippen LogP contribution in [0.15, 0.2) is 97.1 Å². The van der Waals surface area contributed by atoms with Gasteiger partial charge in [0.15, 0.2) is 5.75 Å². The summed E-state index contributed by atoms with van der Waals surface area (Å²) >= 11 is 0. The molecule has 148 valence electrons. The molecule has 0 aliphatic heterocycles. The number of rotatable bonds is 6. The molecule has 0 spiro atoms. The van der Waals surface area contributed by atoms with Gasteiger partial charge in [-0.3, -0.25) is 9.59 Å². The largest absolute Gasteiger partial charge is 0.455 e. The maximum absolute atomic E-state index is 12.6. The number of nitrogens with one attached hydrogen (secondary N) is 2. The van der Waals surface area contributed by atoms with Crippen molar-refractivity contribution in [3.8, 4) is 11.5 Å². The van der Waals surface area contributed by atoms with Gasteiger partial charge in [0, 0.05) is 5.56 Å². The quantitative estimate of drug-likeness (QED) is 0.482. The van der Waals surface area contributed by atoms with E-state index in [4.69, 9.17) is 4.74 Å². The summed E-state index contributed by atoms with van der Waals surface area (Å²) in [5, 5.41) is 7.31. The summed E-state index contributed by atoms with van der Waals surface area (Å²) in [7, 11) is 0. The van der Waals surface area contributed by atoms with Gasteiger partial charge in [-0.05, 0) is 41.1 Å². The highest BCUT2D eigenvalue weighted by Gasteiger charge is 2.13. The van der Waals surface area contributed by atoms with Crippen molar-refractivity contribution in [3.63, 3.8) is 0 Å². The van der Waals surface area contributed by atoms with E-state index in [1.807, 2.05) is 78.9 Å². The molecule has 5 nitrogen and oxygen atoms in total. The lowest BCUT2D eigenvalue weighted by molar-refractivity contribution is -0.115. The van der Waals surface area contributed by atoms with Gasteiger partial charge < -0.3 is 15.4 Å². The van der Waals surface area contributed by atoms with Gasteiger partial charge in [-0.25, -0.2) is 0 Å². The predicted octanol–water partition coefficient (Wildman–Crippen LogP) is 5.00. The molecule has 5 heteroatoms. The Morgan fingerprint density at radius 3 is 2.30 bits per heavy atom. The Morgan fingerprint density at radius 2 is 1.43 bits per heavy atom. The third-order valence-electron chi connectivity index (χ3n) is 4.58. The Kier molecular flexibility index (Phi) is 5.71. The number of hydrogen-bond acceptors (Lipinski definition) is 3. The smallest absolute Gasteiger partial charge is 0.252 e. The van der Waals surface area contributed by atoms with E-state index >= 15 is 0 Å². The minimum absolute atomic E-state index is 0.151. The summed E-state index contributed by atoms with van der Waals surface area (Å²) in [6.45, 7) is -0.151. The fraction of sp³-hybridized carbons (Fsp3) is 0.0400. The highest BCUT2D eigenvalue weighted by atomic mass is 16.5. The number of carbonyl (C=O) groups excluding carboxylic acids is 2. The summed E-state index contributed by atoms with van der Waals surface area (Å²) < 4.78 is 5.85. The Hall–Kier alpha value is -4.12. The van der Waals surface area contributed by atoms with Gasteiger partial charge in [-0.1, -0.05) is 66.7 Å². The van der Waals surface area contributed by atoms with E-state index in [0.717, 1.165) is 10.8 Å². The van der Waals surface area contributed by atoms with E-state index in [0.29, 0.717) is 22.7 Å². The van der Waals surface area contributed by atoms with Crippen molar-refractivity contribution in [2.24, 2.45) is 0 Å². The lowest BCUT2D eigenvalue weighted by atomic mass is 10.0. The molecule has 4 aromatic carbocycles. The number of ether oxygens (including phenoxy) is 1. The summed E-state index contributed by atoms with van der Waals surface area (Å²) in [4.78, 5) is 25.0. The maximum Gasteiger partial charge on any atom is 0.252 e. The number of carbonyl (C=O) groups is 2. The fourth-order valence-corrected chi connectivity index (χ4v) is 3.15. The molecule has 0 heterocycles. The first-order valence-electron chi connectivity index (χ1n) is 9.58. The van der Waals surface area contributed by atoms with Gasteiger partial charge in [0.2, 0.25) is 5.91 Å². The third-order valence-corrected chi connectivity index (χ3v) is 4.58. The minimum Gasteiger partial charge on any atom is -0.455 e. The molecule has 0 saturated heterocycles. The van der Waals surface area contributed by atoms with Crippen molar-refractivity contribution in [2.45, 2.75) is 0 Å². The number of para-hydroxylation sites is 3. The average Bonchev–Trinajstić information content (AvgIpc) is 2.79. The zero-order valence-electron chi connectivity index (χ0n) is 16.2. The van der Waals surface area contributed by atoms with Crippen LogP contribution in [0.5, 0.6) is 11.5 Å². The monoisotopic (exact) mass is 396 g/mol. The molecule has 0 aliphatic rings. The number of hydrogen-bond donors (Lipinski definition) is 2. The van der Waals surface area contributed by atoms with Crippen LogP contribution in [0, 0.1) is 0 Å². The van der Waals surface area contributed by atoms with Crippen molar-refractivity contribution in [2.75, 3.05) is 11.9 Å². The van der Waals surface area contributed by atoms with Crippen LogP contribution in [-0.2, 0) is 4.79 Å². The summed E-state index contributed by atoms with van der Waals surface area (Å²) in [6, 6.07) is 29.7. The molecule has 0 saturated carbocycles. The summed E-state index contributed by atoms with van der Waals surface area (Å²) in [5.41, 5.74) is 1.07. The van der Waals surface area contributed by atoms with E-state index in [2.05, 4.69) is 10.6 Å². The van der Waals surface area contributed by atoms with Gasteiger partial charge in [-0.15, -0.1) is 0 Å². The topological polar surface area (TPSA) is 67.4 Å². The van der Waals surface area contributed by atoms with Crippen LogP contribution in [0.4, 0.5) is 5.69 Å². The molecule has 2 N–H and O–H groups in total. The predicted molar refractivity (Wildman–Crippen MR) is 118 cm³/mol. The SMILES string of the molecule is O=C(CNC(=O)c1cccc2ccccc12)Nc1ccccc1Oc1ccccc1. The van der Waals surface area contributed by atoms with Crippen molar-refractivity contribution >= 4 is 28.3 Å². The van der Waals surface area contributed by atoms with E-state index in [9.17, 15) is 9.59 Å². The maximum atomic E-state index is 12.6. The van der Waals surface area contributed by atoms with E-state index in [1.165, 1.54) is 0 Å². The van der Waals surface area contributed by atoms with Crippen LogP contribution < -0.4 is 15.4 Å². The Balaban J connectivity index is 1.41. The standard InChI is InChI=1S/C25H20N2O3/c28-24(17-26-25(29)21-14-8-10-18-9-4-5-13-20(18)21)27-22-15-6-7-16-23(22)30-19-11-2-1-3-12-19/h1-16H,17H2,(H,26,29)(H,27,28). The molecular weight excluding hydrogens is 376 g/mol. The molecule has 4 aromatic rings. The molecular formula is C25H20N2O3. The molecule has 0 unspecified atom stereocenters. The second-order valence-corrected chi connectivity index (χ2v) is 6.67. The van der Waals surface area contributed by atoms with Crippen molar-refractivity contribution < 1.29 is 14.3 Å². The molecule has 30 heavy (non-hydrogen) atoms. The fourth-order valence-electron chi connectivity index (χ4n) is 3.15. The Labute approximate surface area is 174 Å². The normalized spacial score (nSPS) is 10.4. The summed E-state index contributed by atoms with van der Waals surface area (Å²) in [6.07, 6.45) is 0. The minimum atomic E-state index is -0.340. The molecule has 0 fully saturated rings. The number of anilines is 1. The van der Waals surface area contributed by atoms with E-state index in [1.54, 1.807) is 18.2 Å². The highest BCUT2D eigenvalue weighted by molar-refractivity contribution is 6.08. The van der Waals surface area contributed by atoms with Crippen LogP contribution in [0.1, 0.15) is 10.4 Å². The van der Waals surface area contributed by atoms with Crippen LogP contribution in [-0.4, -0.2) is 18.4 Å². The second kappa shape index (κ2) is 8.92. The lowest BCUT2D eigenvalue weighted by Gasteiger charge is -2.13. The number of benzene rings is 4. The number of amides is 2. The molecule has 0 bridgehead atoms. The first-order chi connectivity index (χ1) is 14.7. The first-order valence-corrected chi connectivity index (χ1v) is 9.58. The zero-order valence-corrected chi connectivity index (χ0v) is 16.2. The molecule has 0 aliphatic carbocycles. The van der Waals surface area contributed by atoms with Gasteiger partial charge >= 0.3 is 0 Å². The van der Waals surface area contributed by atoms with Crippen LogP contribution in [0.25, 0.3) is 10.8 Å². The second-order valence-electron chi connectivity index (χ2n) is 6.67. The average molecular weight is 396 g/mol. The Morgan fingerprint density at radius 1 is 0.733 bits per heavy atom. The van der Waals surface area contributed by atoms with Crippen molar-refractivity contribution in [1.82, 2.24) is 5.32 Å². The molecule has 0 aromatic heterocycles. The van der Waals surface area contributed by atoms with Gasteiger partial charge in [0.1, 0.15) is 5.75 Å². The lowest BCUT2D eigenvalue weighted by Crippen LogP contribution is -2.33. The molecule has 0 radical (unpaired) electrons. The van der Waals surface area contributed by atoms with E-state index < -0.39 is 0 Å². The van der Waals surface area contributed by atoms with Gasteiger partial charge in [-0.2, -0.15) is 0 Å². The van der Waals surface area contributed by atoms with Crippen LogP contribution in [0.2, 0.25) is 0 Å². The van der Waals surface area contributed by atoms with Crippen molar-refractivity contribution in [3.05, 3.63) is 103 Å².